The van der Waals surface area contributed by atoms with Crippen LogP contribution < -0.4 is 4.90 Å². The standard InChI is InChI=1S/C20H22F3N7S/c1-28(2)16-12-15(20(21,22)23)24-18(25-16)31-19-27-26-17(13-29-10-6-7-11-29)30(19)14-8-4-3-5-9-14/h3-5,8-9,12H,6-7,10-11,13H2,1-2H3. The van der Waals surface area contributed by atoms with Gasteiger partial charge in [-0.2, -0.15) is 13.2 Å². The van der Waals surface area contributed by atoms with E-state index in [9.17, 15) is 13.2 Å². The summed E-state index contributed by atoms with van der Waals surface area (Å²) in [6, 6.07) is 10.5. The van der Waals surface area contributed by atoms with Gasteiger partial charge in [0.1, 0.15) is 5.82 Å². The number of alkyl halides is 3. The van der Waals surface area contributed by atoms with Crippen molar-refractivity contribution in [3.8, 4) is 5.69 Å². The van der Waals surface area contributed by atoms with Crippen LogP contribution in [0.5, 0.6) is 0 Å². The van der Waals surface area contributed by atoms with Gasteiger partial charge >= 0.3 is 6.18 Å². The van der Waals surface area contributed by atoms with Crippen LogP contribution >= 0.6 is 11.8 Å². The van der Waals surface area contributed by atoms with Gasteiger partial charge in [-0.1, -0.05) is 18.2 Å². The number of hydrogen-bond acceptors (Lipinski definition) is 7. The second kappa shape index (κ2) is 8.83. The molecule has 0 unspecified atom stereocenters. The molecule has 0 N–H and O–H groups in total. The summed E-state index contributed by atoms with van der Waals surface area (Å²) >= 11 is 0.972. The summed E-state index contributed by atoms with van der Waals surface area (Å²) in [4.78, 5) is 11.8. The van der Waals surface area contributed by atoms with E-state index >= 15 is 0 Å². The summed E-state index contributed by atoms with van der Waals surface area (Å²) in [5.74, 6) is 0.906. The molecule has 3 aromatic rings. The Bertz CT molecular complexity index is 1030. The van der Waals surface area contributed by atoms with E-state index in [1.807, 2.05) is 34.9 Å². The number of benzene rings is 1. The maximum Gasteiger partial charge on any atom is 0.433 e. The lowest BCUT2D eigenvalue weighted by Crippen LogP contribution is -2.21. The van der Waals surface area contributed by atoms with Crippen LogP contribution in [0, 0.1) is 0 Å². The number of rotatable bonds is 6. The molecule has 0 bridgehead atoms. The van der Waals surface area contributed by atoms with Crippen molar-refractivity contribution in [1.29, 1.82) is 0 Å². The molecular formula is C20H22F3N7S. The van der Waals surface area contributed by atoms with Crippen molar-refractivity contribution < 1.29 is 13.2 Å². The van der Waals surface area contributed by atoms with Crippen molar-refractivity contribution in [2.24, 2.45) is 0 Å². The van der Waals surface area contributed by atoms with Crippen LogP contribution in [0.3, 0.4) is 0 Å². The zero-order chi connectivity index (χ0) is 22.0. The highest BCUT2D eigenvalue weighted by Crippen LogP contribution is 2.33. The molecule has 0 saturated carbocycles. The molecule has 1 aliphatic heterocycles. The maximum atomic E-state index is 13.4. The van der Waals surface area contributed by atoms with E-state index in [-0.39, 0.29) is 11.0 Å². The van der Waals surface area contributed by atoms with Gasteiger partial charge in [0.2, 0.25) is 5.16 Å². The number of halogens is 3. The highest BCUT2D eigenvalue weighted by Gasteiger charge is 2.34. The van der Waals surface area contributed by atoms with Gasteiger partial charge in [-0.3, -0.25) is 9.47 Å². The van der Waals surface area contributed by atoms with E-state index in [0.717, 1.165) is 55.3 Å². The Hall–Kier alpha value is -2.66. The lowest BCUT2D eigenvalue weighted by molar-refractivity contribution is -0.141. The summed E-state index contributed by atoms with van der Waals surface area (Å²) < 4.78 is 42.0. The molecule has 4 rings (SSSR count). The maximum absolute atomic E-state index is 13.4. The van der Waals surface area contributed by atoms with Crippen molar-refractivity contribution in [3.05, 3.63) is 47.9 Å². The average molecular weight is 450 g/mol. The van der Waals surface area contributed by atoms with E-state index in [2.05, 4.69) is 25.1 Å². The molecule has 1 aromatic carbocycles. The van der Waals surface area contributed by atoms with Crippen LogP contribution in [0.4, 0.5) is 19.0 Å². The zero-order valence-corrected chi connectivity index (χ0v) is 18.0. The lowest BCUT2D eigenvalue weighted by Gasteiger charge is -2.16. The Morgan fingerprint density at radius 2 is 1.74 bits per heavy atom. The van der Waals surface area contributed by atoms with Gasteiger partial charge in [-0.15, -0.1) is 10.2 Å². The normalized spacial score (nSPS) is 14.9. The third-order valence-electron chi connectivity index (χ3n) is 4.90. The Morgan fingerprint density at radius 1 is 1.03 bits per heavy atom. The molecule has 1 saturated heterocycles. The summed E-state index contributed by atoms with van der Waals surface area (Å²) in [5.41, 5.74) is -0.152. The van der Waals surface area contributed by atoms with Gasteiger partial charge in [0.05, 0.1) is 6.54 Å². The molecule has 164 valence electrons. The van der Waals surface area contributed by atoms with Gasteiger partial charge in [-0.05, 0) is 49.8 Å². The number of para-hydroxylation sites is 1. The zero-order valence-electron chi connectivity index (χ0n) is 17.2. The Morgan fingerprint density at radius 3 is 2.39 bits per heavy atom. The van der Waals surface area contributed by atoms with E-state index in [4.69, 9.17) is 0 Å². The van der Waals surface area contributed by atoms with E-state index in [1.165, 1.54) is 4.90 Å². The average Bonchev–Trinajstić information content (AvgIpc) is 3.38. The molecule has 11 heteroatoms. The van der Waals surface area contributed by atoms with E-state index in [0.29, 0.717) is 11.7 Å². The first-order valence-corrected chi connectivity index (χ1v) is 10.7. The Labute approximate surface area is 182 Å². The first kappa shape index (κ1) is 21.6. The van der Waals surface area contributed by atoms with Gasteiger partial charge in [0.15, 0.2) is 16.7 Å². The fraction of sp³-hybridized carbons (Fsp3) is 0.400. The predicted octanol–water partition coefficient (Wildman–Crippen LogP) is 3.89. The molecule has 3 heterocycles. The van der Waals surface area contributed by atoms with Crippen molar-refractivity contribution >= 4 is 17.6 Å². The van der Waals surface area contributed by atoms with Crippen molar-refractivity contribution in [2.45, 2.75) is 35.9 Å². The number of nitrogens with zero attached hydrogens (tertiary/aromatic N) is 7. The Kier molecular flexibility index (Phi) is 6.15. The Balaban J connectivity index is 1.73. The van der Waals surface area contributed by atoms with Gasteiger partial charge < -0.3 is 4.90 Å². The monoisotopic (exact) mass is 449 g/mol. The van der Waals surface area contributed by atoms with Gasteiger partial charge in [0, 0.05) is 25.8 Å². The number of anilines is 1. The summed E-state index contributed by atoms with van der Waals surface area (Å²) in [6.45, 7) is 2.61. The molecule has 2 aromatic heterocycles. The van der Waals surface area contributed by atoms with Crippen LogP contribution in [0.2, 0.25) is 0 Å². The van der Waals surface area contributed by atoms with Crippen molar-refractivity contribution in [2.75, 3.05) is 32.1 Å². The summed E-state index contributed by atoms with van der Waals surface area (Å²) in [5, 5.41) is 9.00. The minimum Gasteiger partial charge on any atom is -0.363 e. The first-order valence-electron chi connectivity index (χ1n) is 9.85. The molecule has 0 radical (unpaired) electrons. The molecular weight excluding hydrogens is 427 g/mol. The smallest absolute Gasteiger partial charge is 0.363 e. The van der Waals surface area contributed by atoms with Gasteiger partial charge in [-0.25, -0.2) is 9.97 Å². The lowest BCUT2D eigenvalue weighted by atomic mass is 10.3. The van der Waals surface area contributed by atoms with Crippen LogP contribution in [-0.2, 0) is 12.7 Å². The quantitative estimate of drug-likeness (QED) is 0.529. The third kappa shape index (κ3) is 4.99. The SMILES string of the molecule is CN(C)c1cc(C(F)(F)F)nc(Sc2nnc(CN3CCCC3)n2-c2ccccc2)n1. The molecule has 7 nitrogen and oxygen atoms in total. The molecule has 0 aliphatic carbocycles. The second-order valence-electron chi connectivity index (χ2n) is 7.44. The molecule has 0 amide bonds. The molecule has 1 fully saturated rings. The molecule has 0 atom stereocenters. The first-order chi connectivity index (χ1) is 14.8. The van der Waals surface area contributed by atoms with E-state index in [1.54, 1.807) is 14.1 Å². The molecule has 1 aliphatic rings. The minimum atomic E-state index is -4.57. The fourth-order valence-electron chi connectivity index (χ4n) is 3.36. The van der Waals surface area contributed by atoms with Crippen molar-refractivity contribution in [3.63, 3.8) is 0 Å². The van der Waals surface area contributed by atoms with Crippen LogP contribution in [0.25, 0.3) is 5.69 Å². The molecule has 31 heavy (non-hydrogen) atoms. The summed E-state index contributed by atoms with van der Waals surface area (Å²) in [7, 11) is 3.27. The largest absolute Gasteiger partial charge is 0.433 e. The third-order valence-corrected chi connectivity index (χ3v) is 5.71. The topological polar surface area (TPSA) is 63.0 Å². The van der Waals surface area contributed by atoms with Crippen LogP contribution in [0.1, 0.15) is 24.4 Å². The fourth-order valence-corrected chi connectivity index (χ4v) is 4.19. The van der Waals surface area contributed by atoms with Gasteiger partial charge in [0.25, 0.3) is 0 Å². The molecule has 0 spiro atoms. The van der Waals surface area contributed by atoms with E-state index < -0.39 is 11.9 Å². The van der Waals surface area contributed by atoms with Crippen molar-refractivity contribution in [1.82, 2.24) is 29.6 Å². The minimum absolute atomic E-state index is 0.0316. The highest BCUT2D eigenvalue weighted by molar-refractivity contribution is 7.99. The predicted molar refractivity (Wildman–Crippen MR) is 111 cm³/mol. The van der Waals surface area contributed by atoms with Crippen LogP contribution in [0.15, 0.2) is 46.7 Å². The number of hydrogen-bond donors (Lipinski definition) is 0. The highest BCUT2D eigenvalue weighted by atomic mass is 32.2. The van der Waals surface area contributed by atoms with Crippen LogP contribution in [-0.4, -0.2) is 56.8 Å². The second-order valence-corrected chi connectivity index (χ2v) is 8.38. The number of likely N-dealkylation sites (tertiary alicyclic amines) is 1. The number of aromatic nitrogens is 5. The summed E-state index contributed by atoms with van der Waals surface area (Å²) in [6.07, 6.45) is -2.28.